The second-order valence-corrected chi connectivity index (χ2v) is 5.87. The summed E-state index contributed by atoms with van der Waals surface area (Å²) in [6, 6.07) is 12.5. The molecule has 0 unspecified atom stereocenters. The Bertz CT molecular complexity index is 915. The maximum Gasteiger partial charge on any atom is 0.257 e. The maximum absolute atomic E-state index is 13.6. The number of aromatic nitrogens is 1. The highest BCUT2D eigenvalue weighted by Gasteiger charge is 2.14. The number of carbonyl (C=O) groups excluding carboxylic acids is 1. The topological polar surface area (TPSA) is 54.0 Å². The van der Waals surface area contributed by atoms with Gasteiger partial charge in [0.05, 0.1) is 5.56 Å². The number of hydrogen-bond donors (Lipinski definition) is 2. The number of anilines is 3. The number of nitrogens with zero attached hydrogens (tertiary/aromatic N) is 1. The first-order valence-electron chi connectivity index (χ1n) is 8.00. The van der Waals surface area contributed by atoms with E-state index >= 15 is 0 Å². The zero-order valence-corrected chi connectivity index (χ0v) is 14.3. The molecule has 1 aromatic heterocycles. The number of para-hydroxylation sites is 2. The van der Waals surface area contributed by atoms with Gasteiger partial charge < -0.3 is 10.6 Å². The molecule has 0 bridgehead atoms. The normalized spacial score (nSPS) is 10.5. The van der Waals surface area contributed by atoms with E-state index in [4.69, 9.17) is 0 Å². The SMILES string of the molecule is Cc1cccc(C)c1Nc1ccc(C(=O)Nc2c(F)cccc2F)cn1. The summed E-state index contributed by atoms with van der Waals surface area (Å²) in [6.07, 6.45) is 1.35. The summed E-state index contributed by atoms with van der Waals surface area (Å²) in [7, 11) is 0. The van der Waals surface area contributed by atoms with Gasteiger partial charge in [0.2, 0.25) is 0 Å². The molecule has 0 aliphatic heterocycles. The predicted octanol–water partition coefficient (Wildman–Crippen LogP) is 4.97. The second-order valence-electron chi connectivity index (χ2n) is 5.87. The van der Waals surface area contributed by atoms with Gasteiger partial charge in [0.15, 0.2) is 0 Å². The van der Waals surface area contributed by atoms with Crippen molar-refractivity contribution in [3.63, 3.8) is 0 Å². The molecular formula is C20H17F2N3O. The fourth-order valence-electron chi connectivity index (χ4n) is 2.54. The van der Waals surface area contributed by atoms with E-state index in [-0.39, 0.29) is 5.56 Å². The van der Waals surface area contributed by atoms with Crippen LogP contribution in [-0.4, -0.2) is 10.9 Å². The Balaban J connectivity index is 1.76. The van der Waals surface area contributed by atoms with E-state index in [0.717, 1.165) is 28.9 Å². The lowest BCUT2D eigenvalue weighted by Gasteiger charge is -2.12. The molecule has 0 aliphatic carbocycles. The fraction of sp³-hybridized carbons (Fsp3) is 0.100. The van der Waals surface area contributed by atoms with Crippen molar-refractivity contribution >= 4 is 23.1 Å². The van der Waals surface area contributed by atoms with E-state index in [1.54, 1.807) is 6.07 Å². The van der Waals surface area contributed by atoms with Crippen LogP contribution in [0.3, 0.4) is 0 Å². The van der Waals surface area contributed by atoms with Crippen LogP contribution in [0.5, 0.6) is 0 Å². The molecule has 26 heavy (non-hydrogen) atoms. The third-order valence-electron chi connectivity index (χ3n) is 3.96. The molecule has 2 N–H and O–H groups in total. The second kappa shape index (κ2) is 7.31. The van der Waals surface area contributed by atoms with Gasteiger partial charge >= 0.3 is 0 Å². The molecule has 3 rings (SSSR count). The third kappa shape index (κ3) is 3.69. The van der Waals surface area contributed by atoms with Crippen LogP contribution in [-0.2, 0) is 0 Å². The molecule has 132 valence electrons. The Kier molecular flexibility index (Phi) is 4.93. The highest BCUT2D eigenvalue weighted by Crippen LogP contribution is 2.23. The van der Waals surface area contributed by atoms with E-state index < -0.39 is 23.2 Å². The minimum Gasteiger partial charge on any atom is -0.340 e. The first kappa shape index (κ1) is 17.5. The van der Waals surface area contributed by atoms with E-state index in [9.17, 15) is 13.6 Å². The van der Waals surface area contributed by atoms with Crippen LogP contribution >= 0.6 is 0 Å². The number of nitrogens with one attached hydrogen (secondary N) is 2. The van der Waals surface area contributed by atoms with Crippen molar-refractivity contribution in [2.45, 2.75) is 13.8 Å². The lowest BCUT2D eigenvalue weighted by atomic mass is 10.1. The number of carbonyl (C=O) groups is 1. The molecule has 0 saturated heterocycles. The fourth-order valence-corrected chi connectivity index (χ4v) is 2.54. The number of hydrogen-bond acceptors (Lipinski definition) is 3. The number of rotatable bonds is 4. The maximum atomic E-state index is 13.6. The van der Waals surface area contributed by atoms with Crippen molar-refractivity contribution in [2.24, 2.45) is 0 Å². The van der Waals surface area contributed by atoms with Crippen LogP contribution in [0.25, 0.3) is 0 Å². The molecular weight excluding hydrogens is 336 g/mol. The third-order valence-corrected chi connectivity index (χ3v) is 3.96. The molecule has 1 heterocycles. The van der Waals surface area contributed by atoms with Gasteiger partial charge in [-0.3, -0.25) is 4.79 Å². The Labute approximate surface area is 149 Å². The summed E-state index contributed by atoms with van der Waals surface area (Å²) < 4.78 is 27.3. The monoisotopic (exact) mass is 353 g/mol. The molecule has 0 spiro atoms. The van der Waals surface area contributed by atoms with Crippen LogP contribution in [0.1, 0.15) is 21.5 Å². The molecule has 0 radical (unpaired) electrons. The highest BCUT2D eigenvalue weighted by molar-refractivity contribution is 6.04. The summed E-state index contributed by atoms with van der Waals surface area (Å²) in [5.41, 5.74) is 2.81. The molecule has 1 amide bonds. The summed E-state index contributed by atoms with van der Waals surface area (Å²) in [6.45, 7) is 3.97. The van der Waals surface area contributed by atoms with Gasteiger partial charge in [-0.05, 0) is 49.2 Å². The molecule has 0 aliphatic rings. The Morgan fingerprint density at radius 3 is 2.08 bits per heavy atom. The highest BCUT2D eigenvalue weighted by atomic mass is 19.1. The Morgan fingerprint density at radius 2 is 1.50 bits per heavy atom. The quantitative estimate of drug-likeness (QED) is 0.696. The van der Waals surface area contributed by atoms with Crippen molar-refractivity contribution in [3.05, 3.63) is 83.1 Å². The summed E-state index contributed by atoms with van der Waals surface area (Å²) in [5.74, 6) is -1.74. The van der Waals surface area contributed by atoms with Gasteiger partial charge in [0, 0.05) is 11.9 Å². The van der Waals surface area contributed by atoms with Crippen LogP contribution in [0.2, 0.25) is 0 Å². The molecule has 0 saturated carbocycles. The smallest absolute Gasteiger partial charge is 0.257 e. The summed E-state index contributed by atoms with van der Waals surface area (Å²) in [5, 5.41) is 5.44. The van der Waals surface area contributed by atoms with E-state index in [1.807, 2.05) is 32.0 Å². The summed E-state index contributed by atoms with van der Waals surface area (Å²) in [4.78, 5) is 16.4. The predicted molar refractivity (Wildman–Crippen MR) is 97.7 cm³/mol. The molecule has 0 atom stereocenters. The largest absolute Gasteiger partial charge is 0.340 e. The van der Waals surface area contributed by atoms with Gasteiger partial charge in [-0.15, -0.1) is 0 Å². The van der Waals surface area contributed by atoms with Crippen LogP contribution in [0, 0.1) is 25.5 Å². The van der Waals surface area contributed by atoms with Crippen molar-refractivity contribution in [2.75, 3.05) is 10.6 Å². The van der Waals surface area contributed by atoms with Gasteiger partial charge in [0.25, 0.3) is 5.91 Å². The summed E-state index contributed by atoms with van der Waals surface area (Å²) >= 11 is 0. The lowest BCUT2D eigenvalue weighted by molar-refractivity contribution is 0.102. The number of halogens is 2. The number of aryl methyl sites for hydroxylation is 2. The molecule has 6 heteroatoms. The van der Waals surface area contributed by atoms with Gasteiger partial charge in [-0.2, -0.15) is 0 Å². The zero-order chi connectivity index (χ0) is 18.7. The standard InChI is InChI=1S/C20H17F2N3O/c1-12-5-3-6-13(2)18(12)24-17-10-9-14(11-23-17)20(26)25-19-15(21)7-4-8-16(19)22/h3-11H,1-2H3,(H,23,24)(H,25,26). The van der Waals surface area contributed by atoms with Crippen molar-refractivity contribution in [1.82, 2.24) is 4.98 Å². The molecule has 0 fully saturated rings. The molecule has 2 aromatic carbocycles. The average molecular weight is 353 g/mol. The van der Waals surface area contributed by atoms with Crippen LogP contribution in [0.4, 0.5) is 26.0 Å². The Morgan fingerprint density at radius 1 is 0.885 bits per heavy atom. The number of amides is 1. The average Bonchev–Trinajstić information content (AvgIpc) is 2.62. The van der Waals surface area contributed by atoms with Crippen LogP contribution < -0.4 is 10.6 Å². The van der Waals surface area contributed by atoms with Crippen LogP contribution in [0.15, 0.2) is 54.7 Å². The lowest BCUT2D eigenvalue weighted by Crippen LogP contribution is -2.14. The molecule has 4 nitrogen and oxygen atoms in total. The molecule has 3 aromatic rings. The number of pyridine rings is 1. The minimum atomic E-state index is -0.834. The number of benzene rings is 2. The van der Waals surface area contributed by atoms with Gasteiger partial charge in [0.1, 0.15) is 23.1 Å². The van der Waals surface area contributed by atoms with Crippen molar-refractivity contribution < 1.29 is 13.6 Å². The Hall–Kier alpha value is -3.28. The van der Waals surface area contributed by atoms with Crippen molar-refractivity contribution in [1.29, 1.82) is 0 Å². The minimum absolute atomic E-state index is 0.194. The van der Waals surface area contributed by atoms with E-state index in [2.05, 4.69) is 15.6 Å². The van der Waals surface area contributed by atoms with E-state index in [0.29, 0.717) is 5.82 Å². The first-order chi connectivity index (χ1) is 12.5. The van der Waals surface area contributed by atoms with Crippen molar-refractivity contribution in [3.8, 4) is 0 Å². The van der Waals surface area contributed by atoms with Gasteiger partial charge in [-0.1, -0.05) is 24.3 Å². The first-order valence-corrected chi connectivity index (χ1v) is 8.00. The van der Waals surface area contributed by atoms with Gasteiger partial charge in [-0.25, -0.2) is 13.8 Å². The zero-order valence-electron chi connectivity index (χ0n) is 14.3. The van der Waals surface area contributed by atoms with E-state index in [1.165, 1.54) is 18.3 Å².